The summed E-state index contributed by atoms with van der Waals surface area (Å²) in [7, 11) is 0. The van der Waals surface area contributed by atoms with Crippen LogP contribution in [0, 0.1) is 0 Å². The van der Waals surface area contributed by atoms with E-state index in [1.807, 2.05) is 0 Å². The summed E-state index contributed by atoms with van der Waals surface area (Å²) >= 11 is 0. The highest BCUT2D eigenvalue weighted by Gasteiger charge is 2.08. The zero-order valence-electron chi connectivity index (χ0n) is 8.18. The van der Waals surface area contributed by atoms with E-state index < -0.39 is 0 Å². The Balaban J connectivity index is 2.32. The van der Waals surface area contributed by atoms with Crippen LogP contribution in [0.15, 0.2) is 0 Å². The molecule has 1 saturated carbocycles. The molecule has 0 aromatic heterocycles. The van der Waals surface area contributed by atoms with Gasteiger partial charge in [-0.3, -0.25) is 9.59 Å². The first-order chi connectivity index (χ1) is 6.29. The Bertz CT molecular complexity index is 165. The van der Waals surface area contributed by atoms with Crippen LogP contribution in [0.5, 0.6) is 0 Å². The van der Waals surface area contributed by atoms with Gasteiger partial charge >= 0.3 is 0 Å². The molecule has 1 aliphatic rings. The summed E-state index contributed by atoms with van der Waals surface area (Å²) in [5.74, 6) is 0.547. The molecule has 0 unspecified atom stereocenters. The molecule has 1 aliphatic carbocycles. The second-order valence-electron chi connectivity index (χ2n) is 3.85. The van der Waals surface area contributed by atoms with Crippen molar-refractivity contribution >= 4 is 11.6 Å². The molecule has 2 heteroatoms. The fraction of sp³-hybridized carbons (Fsp3) is 0.818. The van der Waals surface area contributed by atoms with Crippen molar-refractivity contribution in [3.63, 3.8) is 0 Å². The molecule has 0 aliphatic heterocycles. The Morgan fingerprint density at radius 2 is 0.923 bits per heavy atom. The molecule has 0 amide bonds. The summed E-state index contributed by atoms with van der Waals surface area (Å²) in [6.45, 7) is 0. The summed E-state index contributed by atoms with van der Waals surface area (Å²) in [6, 6.07) is 0. The maximum Gasteiger partial charge on any atom is 0.133 e. The van der Waals surface area contributed by atoms with Crippen LogP contribution in [0.25, 0.3) is 0 Å². The van der Waals surface area contributed by atoms with Gasteiger partial charge in [0.25, 0.3) is 0 Å². The Morgan fingerprint density at radius 1 is 0.538 bits per heavy atom. The number of Topliss-reactive ketones (excluding diaryl/α,β-unsaturated/α-hetero) is 2. The maximum atomic E-state index is 11.2. The quantitative estimate of drug-likeness (QED) is 0.577. The van der Waals surface area contributed by atoms with E-state index in [1.165, 1.54) is 6.42 Å². The van der Waals surface area contributed by atoms with Gasteiger partial charge in [-0.1, -0.05) is 19.3 Å². The molecule has 0 heterocycles. The highest BCUT2D eigenvalue weighted by Crippen LogP contribution is 2.12. The van der Waals surface area contributed by atoms with Gasteiger partial charge in [-0.05, 0) is 12.8 Å². The van der Waals surface area contributed by atoms with Gasteiger partial charge < -0.3 is 0 Å². The average Bonchev–Trinajstić information content (AvgIpc) is 2.15. The monoisotopic (exact) mass is 182 g/mol. The third kappa shape index (κ3) is 4.81. The van der Waals surface area contributed by atoms with Crippen molar-refractivity contribution in [1.82, 2.24) is 0 Å². The van der Waals surface area contributed by atoms with Crippen LogP contribution in [-0.2, 0) is 9.59 Å². The van der Waals surface area contributed by atoms with E-state index in [-0.39, 0.29) is 11.6 Å². The standard InChI is InChI=1S/C11H18O2/c12-10-6-4-2-1-3-5-7-11(13)9-8-10/h1-9H2. The second kappa shape index (κ2) is 5.90. The van der Waals surface area contributed by atoms with Gasteiger partial charge in [0.1, 0.15) is 11.6 Å². The van der Waals surface area contributed by atoms with E-state index in [0.29, 0.717) is 25.7 Å². The van der Waals surface area contributed by atoms with Gasteiger partial charge in [0.05, 0.1) is 0 Å². The first kappa shape index (κ1) is 10.4. The van der Waals surface area contributed by atoms with Crippen LogP contribution in [-0.4, -0.2) is 11.6 Å². The van der Waals surface area contributed by atoms with E-state index in [1.54, 1.807) is 0 Å². The van der Waals surface area contributed by atoms with Gasteiger partial charge in [0, 0.05) is 25.7 Å². The lowest BCUT2D eigenvalue weighted by Crippen LogP contribution is -2.03. The normalized spacial score (nSPS) is 22.5. The molecule has 74 valence electrons. The molecule has 0 aromatic rings. The van der Waals surface area contributed by atoms with Crippen molar-refractivity contribution in [1.29, 1.82) is 0 Å². The molecular weight excluding hydrogens is 164 g/mol. The molecule has 0 bridgehead atoms. The Morgan fingerprint density at radius 3 is 1.38 bits per heavy atom. The second-order valence-corrected chi connectivity index (χ2v) is 3.85. The SMILES string of the molecule is O=C1CCCCCCCC(=O)CC1. The highest BCUT2D eigenvalue weighted by atomic mass is 16.1. The lowest BCUT2D eigenvalue weighted by molar-refractivity contribution is -0.124. The van der Waals surface area contributed by atoms with E-state index in [0.717, 1.165) is 25.7 Å². The minimum Gasteiger partial charge on any atom is -0.300 e. The lowest BCUT2D eigenvalue weighted by Gasteiger charge is -1.97. The molecule has 1 fully saturated rings. The molecule has 13 heavy (non-hydrogen) atoms. The average molecular weight is 182 g/mol. The van der Waals surface area contributed by atoms with Crippen LogP contribution in [0.3, 0.4) is 0 Å². The van der Waals surface area contributed by atoms with Crippen molar-refractivity contribution in [2.45, 2.75) is 57.8 Å². The van der Waals surface area contributed by atoms with Crippen LogP contribution in [0.2, 0.25) is 0 Å². The smallest absolute Gasteiger partial charge is 0.133 e. The topological polar surface area (TPSA) is 34.1 Å². The summed E-state index contributed by atoms with van der Waals surface area (Å²) < 4.78 is 0. The molecule has 1 rings (SSSR count). The van der Waals surface area contributed by atoms with Crippen LogP contribution < -0.4 is 0 Å². The van der Waals surface area contributed by atoms with Crippen molar-refractivity contribution < 1.29 is 9.59 Å². The maximum absolute atomic E-state index is 11.2. The van der Waals surface area contributed by atoms with Crippen molar-refractivity contribution in [2.24, 2.45) is 0 Å². The number of hydrogen-bond acceptors (Lipinski definition) is 2. The van der Waals surface area contributed by atoms with Gasteiger partial charge in [-0.25, -0.2) is 0 Å². The minimum absolute atomic E-state index is 0.273. The molecule has 0 atom stereocenters. The van der Waals surface area contributed by atoms with Crippen molar-refractivity contribution in [2.75, 3.05) is 0 Å². The Kier molecular flexibility index (Phi) is 4.73. The van der Waals surface area contributed by atoms with Gasteiger partial charge in [0.2, 0.25) is 0 Å². The number of rotatable bonds is 0. The van der Waals surface area contributed by atoms with Crippen LogP contribution in [0.1, 0.15) is 57.8 Å². The summed E-state index contributed by atoms with van der Waals surface area (Å²) in [6.07, 6.45) is 7.87. The van der Waals surface area contributed by atoms with E-state index in [2.05, 4.69) is 0 Å². The largest absolute Gasteiger partial charge is 0.300 e. The first-order valence-corrected chi connectivity index (χ1v) is 5.32. The fourth-order valence-electron chi connectivity index (χ4n) is 1.70. The molecule has 0 saturated heterocycles. The third-order valence-corrected chi connectivity index (χ3v) is 2.59. The molecule has 2 nitrogen and oxygen atoms in total. The van der Waals surface area contributed by atoms with E-state index >= 15 is 0 Å². The fourth-order valence-corrected chi connectivity index (χ4v) is 1.70. The van der Waals surface area contributed by atoms with Crippen molar-refractivity contribution in [3.05, 3.63) is 0 Å². The number of ketones is 2. The molecule has 0 aromatic carbocycles. The van der Waals surface area contributed by atoms with Crippen LogP contribution >= 0.6 is 0 Å². The predicted molar refractivity (Wildman–Crippen MR) is 51.6 cm³/mol. The van der Waals surface area contributed by atoms with E-state index in [9.17, 15) is 9.59 Å². The minimum atomic E-state index is 0.273. The van der Waals surface area contributed by atoms with Crippen LogP contribution in [0.4, 0.5) is 0 Å². The number of carbonyl (C=O) groups excluding carboxylic acids is 2. The summed E-state index contributed by atoms with van der Waals surface area (Å²) in [5.41, 5.74) is 0. The van der Waals surface area contributed by atoms with Gasteiger partial charge in [-0.2, -0.15) is 0 Å². The van der Waals surface area contributed by atoms with Gasteiger partial charge in [0.15, 0.2) is 0 Å². The number of hydrogen-bond donors (Lipinski definition) is 0. The molecule has 0 radical (unpaired) electrons. The Hall–Kier alpha value is -0.660. The summed E-state index contributed by atoms with van der Waals surface area (Å²) in [4.78, 5) is 22.4. The third-order valence-electron chi connectivity index (χ3n) is 2.59. The van der Waals surface area contributed by atoms with Gasteiger partial charge in [-0.15, -0.1) is 0 Å². The highest BCUT2D eigenvalue weighted by molar-refractivity contribution is 5.85. The molecule has 0 spiro atoms. The lowest BCUT2D eigenvalue weighted by atomic mass is 10.1. The van der Waals surface area contributed by atoms with E-state index in [4.69, 9.17) is 0 Å². The zero-order valence-corrected chi connectivity index (χ0v) is 8.18. The summed E-state index contributed by atoms with van der Waals surface area (Å²) in [5, 5.41) is 0. The van der Waals surface area contributed by atoms with Crippen molar-refractivity contribution in [3.8, 4) is 0 Å². The Labute approximate surface area is 79.7 Å². The predicted octanol–water partition coefficient (Wildman–Crippen LogP) is 2.65. The molecular formula is C11H18O2. The molecule has 0 N–H and O–H groups in total. The zero-order chi connectivity index (χ0) is 9.52. The first-order valence-electron chi connectivity index (χ1n) is 5.32. The number of carbonyl (C=O) groups is 2.